The molecule has 3 N–H and O–H groups in total. The summed E-state index contributed by atoms with van der Waals surface area (Å²) < 4.78 is 0. The Hall–Kier alpha value is -1.94. The smallest absolute Gasteiger partial charge is 0.0706 e. The predicted octanol–water partition coefficient (Wildman–Crippen LogP) is 3.64. The van der Waals surface area contributed by atoms with Gasteiger partial charge in [0.15, 0.2) is 0 Å². The van der Waals surface area contributed by atoms with Crippen LogP contribution in [0.1, 0.15) is 17.3 Å². The molecule has 0 fully saturated rings. The monoisotopic (exact) mass is 297 g/mol. The standard InChI is InChI=1S/C17H16ClN3/c18-14-6-3-4-12(10-14)11-17(21-19)16-9-8-13-5-1-2-7-15(13)20-16/h1-10,17,21H,11,19H2. The van der Waals surface area contributed by atoms with Crippen molar-refractivity contribution < 1.29 is 0 Å². The van der Waals surface area contributed by atoms with Gasteiger partial charge in [-0.15, -0.1) is 0 Å². The first-order valence-electron chi connectivity index (χ1n) is 6.82. The fourth-order valence-electron chi connectivity index (χ4n) is 2.42. The number of nitrogens with two attached hydrogens (primary N) is 1. The van der Waals surface area contributed by atoms with Gasteiger partial charge in [-0.1, -0.05) is 48.0 Å². The fourth-order valence-corrected chi connectivity index (χ4v) is 2.64. The summed E-state index contributed by atoms with van der Waals surface area (Å²) in [7, 11) is 0. The minimum absolute atomic E-state index is 0.0481. The summed E-state index contributed by atoms with van der Waals surface area (Å²) in [6.45, 7) is 0. The lowest BCUT2D eigenvalue weighted by Crippen LogP contribution is -2.30. The zero-order valence-electron chi connectivity index (χ0n) is 11.5. The topological polar surface area (TPSA) is 50.9 Å². The van der Waals surface area contributed by atoms with Gasteiger partial charge in [0.1, 0.15) is 0 Å². The minimum Gasteiger partial charge on any atom is -0.271 e. The van der Waals surface area contributed by atoms with Crippen LogP contribution in [0.3, 0.4) is 0 Å². The molecule has 0 aliphatic rings. The van der Waals surface area contributed by atoms with E-state index in [9.17, 15) is 0 Å². The van der Waals surface area contributed by atoms with E-state index in [1.54, 1.807) is 0 Å². The van der Waals surface area contributed by atoms with Gasteiger partial charge < -0.3 is 0 Å². The maximum Gasteiger partial charge on any atom is 0.0706 e. The van der Waals surface area contributed by atoms with Gasteiger partial charge in [0, 0.05) is 10.4 Å². The maximum absolute atomic E-state index is 6.03. The molecule has 0 saturated heterocycles. The first-order valence-corrected chi connectivity index (χ1v) is 7.20. The molecule has 0 bridgehead atoms. The molecule has 21 heavy (non-hydrogen) atoms. The molecule has 0 spiro atoms. The van der Waals surface area contributed by atoms with Gasteiger partial charge in [0.05, 0.1) is 17.3 Å². The van der Waals surface area contributed by atoms with E-state index in [0.29, 0.717) is 0 Å². The second kappa shape index (κ2) is 6.22. The van der Waals surface area contributed by atoms with Crippen LogP contribution in [0.2, 0.25) is 5.02 Å². The summed E-state index contributed by atoms with van der Waals surface area (Å²) in [5.41, 5.74) is 5.87. The van der Waals surface area contributed by atoms with Gasteiger partial charge in [0.2, 0.25) is 0 Å². The van der Waals surface area contributed by atoms with E-state index in [-0.39, 0.29) is 6.04 Å². The highest BCUT2D eigenvalue weighted by atomic mass is 35.5. The maximum atomic E-state index is 6.03. The highest BCUT2D eigenvalue weighted by Gasteiger charge is 2.12. The van der Waals surface area contributed by atoms with Crippen LogP contribution in [0.5, 0.6) is 0 Å². The zero-order valence-corrected chi connectivity index (χ0v) is 12.2. The summed E-state index contributed by atoms with van der Waals surface area (Å²) in [5, 5.41) is 1.86. The lowest BCUT2D eigenvalue weighted by atomic mass is 10.0. The second-order valence-corrected chi connectivity index (χ2v) is 5.42. The summed E-state index contributed by atoms with van der Waals surface area (Å²) in [6.07, 6.45) is 0.738. The number of nitrogens with zero attached hydrogens (tertiary/aromatic N) is 1. The summed E-state index contributed by atoms with van der Waals surface area (Å²) in [4.78, 5) is 4.69. The number of hydrogen-bond donors (Lipinski definition) is 2. The van der Waals surface area contributed by atoms with E-state index in [4.69, 9.17) is 17.4 Å². The predicted molar refractivity (Wildman–Crippen MR) is 87.0 cm³/mol. The molecular formula is C17H16ClN3. The van der Waals surface area contributed by atoms with Gasteiger partial charge in [-0.2, -0.15) is 0 Å². The third-order valence-corrected chi connectivity index (χ3v) is 3.74. The number of fused-ring (bicyclic) bond motifs is 1. The van der Waals surface area contributed by atoms with Crippen LogP contribution in [0, 0.1) is 0 Å². The van der Waals surface area contributed by atoms with Crippen molar-refractivity contribution in [3.8, 4) is 0 Å². The Kier molecular flexibility index (Phi) is 4.15. The second-order valence-electron chi connectivity index (χ2n) is 4.98. The molecule has 0 saturated carbocycles. The van der Waals surface area contributed by atoms with Crippen LogP contribution in [0.4, 0.5) is 0 Å². The lowest BCUT2D eigenvalue weighted by Gasteiger charge is -2.16. The van der Waals surface area contributed by atoms with Crippen molar-refractivity contribution in [2.24, 2.45) is 5.84 Å². The molecule has 0 radical (unpaired) electrons. The molecular weight excluding hydrogens is 282 g/mol. The molecule has 4 heteroatoms. The Labute approximate surface area is 128 Å². The third kappa shape index (κ3) is 3.22. The molecule has 1 atom stereocenters. The minimum atomic E-state index is -0.0481. The molecule has 1 heterocycles. The number of hydrazine groups is 1. The van der Waals surface area contributed by atoms with Crippen LogP contribution >= 0.6 is 11.6 Å². The average molecular weight is 298 g/mol. The number of halogens is 1. The van der Waals surface area contributed by atoms with Gasteiger partial charge in [-0.05, 0) is 36.2 Å². The Morgan fingerprint density at radius 3 is 2.71 bits per heavy atom. The summed E-state index contributed by atoms with van der Waals surface area (Å²) >= 11 is 6.03. The van der Waals surface area contributed by atoms with Gasteiger partial charge in [-0.25, -0.2) is 0 Å². The van der Waals surface area contributed by atoms with Crippen molar-refractivity contribution in [1.82, 2.24) is 10.4 Å². The Balaban J connectivity index is 1.90. The SMILES string of the molecule is NNC(Cc1cccc(Cl)c1)c1ccc2ccccc2n1. The van der Waals surface area contributed by atoms with Gasteiger partial charge >= 0.3 is 0 Å². The number of hydrogen-bond acceptors (Lipinski definition) is 3. The Morgan fingerprint density at radius 1 is 1.05 bits per heavy atom. The summed E-state index contributed by atoms with van der Waals surface area (Å²) in [6, 6.07) is 19.9. The Morgan fingerprint density at radius 2 is 1.90 bits per heavy atom. The van der Waals surface area contributed by atoms with Crippen LogP contribution in [-0.4, -0.2) is 4.98 Å². The largest absolute Gasteiger partial charge is 0.271 e. The van der Waals surface area contributed by atoms with E-state index in [0.717, 1.165) is 33.6 Å². The van der Waals surface area contributed by atoms with Crippen LogP contribution in [0.15, 0.2) is 60.7 Å². The quantitative estimate of drug-likeness (QED) is 0.571. The van der Waals surface area contributed by atoms with Crippen molar-refractivity contribution in [3.05, 3.63) is 76.9 Å². The molecule has 0 amide bonds. The van der Waals surface area contributed by atoms with Crippen LogP contribution in [-0.2, 0) is 6.42 Å². The number of aromatic nitrogens is 1. The fraction of sp³-hybridized carbons (Fsp3) is 0.118. The van der Waals surface area contributed by atoms with Crippen LogP contribution in [0.25, 0.3) is 10.9 Å². The number of nitrogens with one attached hydrogen (secondary N) is 1. The molecule has 1 unspecified atom stereocenters. The van der Waals surface area contributed by atoms with E-state index in [2.05, 4.69) is 16.5 Å². The van der Waals surface area contributed by atoms with E-state index in [1.807, 2.05) is 54.6 Å². The number of benzene rings is 2. The van der Waals surface area contributed by atoms with Gasteiger partial charge in [0.25, 0.3) is 0 Å². The highest BCUT2D eigenvalue weighted by molar-refractivity contribution is 6.30. The molecule has 106 valence electrons. The zero-order chi connectivity index (χ0) is 14.7. The Bertz CT molecular complexity index is 758. The highest BCUT2D eigenvalue weighted by Crippen LogP contribution is 2.21. The number of rotatable bonds is 4. The van der Waals surface area contributed by atoms with Crippen molar-refractivity contribution in [2.45, 2.75) is 12.5 Å². The molecule has 2 aromatic carbocycles. The summed E-state index contributed by atoms with van der Waals surface area (Å²) in [5.74, 6) is 5.71. The average Bonchev–Trinajstić information content (AvgIpc) is 2.52. The first kappa shape index (κ1) is 14.0. The first-order chi connectivity index (χ1) is 10.3. The van der Waals surface area contributed by atoms with E-state index >= 15 is 0 Å². The van der Waals surface area contributed by atoms with Crippen molar-refractivity contribution >= 4 is 22.5 Å². The molecule has 3 aromatic rings. The molecule has 1 aromatic heterocycles. The molecule has 3 nitrogen and oxygen atoms in total. The molecule has 3 rings (SSSR count). The normalized spacial score (nSPS) is 12.5. The number of pyridine rings is 1. The van der Waals surface area contributed by atoms with Crippen molar-refractivity contribution in [2.75, 3.05) is 0 Å². The molecule has 0 aliphatic carbocycles. The molecule has 0 aliphatic heterocycles. The number of para-hydroxylation sites is 1. The lowest BCUT2D eigenvalue weighted by molar-refractivity contribution is 0.540. The van der Waals surface area contributed by atoms with Gasteiger partial charge in [-0.3, -0.25) is 16.3 Å². The van der Waals surface area contributed by atoms with E-state index < -0.39 is 0 Å². The van der Waals surface area contributed by atoms with Crippen molar-refractivity contribution in [1.29, 1.82) is 0 Å². The third-order valence-electron chi connectivity index (χ3n) is 3.51. The van der Waals surface area contributed by atoms with Crippen LogP contribution < -0.4 is 11.3 Å². The van der Waals surface area contributed by atoms with Crippen molar-refractivity contribution in [3.63, 3.8) is 0 Å². The van der Waals surface area contributed by atoms with E-state index in [1.165, 1.54) is 0 Å².